The van der Waals surface area contributed by atoms with Gasteiger partial charge < -0.3 is 19.5 Å². The highest BCUT2D eigenvalue weighted by atomic mass is 16.5. The van der Waals surface area contributed by atoms with Crippen molar-refractivity contribution in [1.82, 2.24) is 14.5 Å². The number of aromatic nitrogens is 2. The van der Waals surface area contributed by atoms with E-state index in [0.29, 0.717) is 12.1 Å². The van der Waals surface area contributed by atoms with Crippen molar-refractivity contribution in [2.75, 3.05) is 39.7 Å². The zero-order chi connectivity index (χ0) is 13.9. The Bertz CT molecular complexity index is 410. The summed E-state index contributed by atoms with van der Waals surface area (Å²) >= 11 is 0. The summed E-state index contributed by atoms with van der Waals surface area (Å²) in [5, 5.41) is 3.35. The molecule has 0 amide bonds. The molecule has 1 aliphatic carbocycles. The summed E-state index contributed by atoms with van der Waals surface area (Å²) in [5.41, 5.74) is 1.37. The minimum Gasteiger partial charge on any atom is -0.383 e. The minimum absolute atomic E-state index is 0.310. The van der Waals surface area contributed by atoms with Crippen LogP contribution in [0.2, 0.25) is 0 Å². The molecule has 1 fully saturated rings. The normalized spacial score (nSPS) is 17.5. The van der Waals surface area contributed by atoms with Crippen LogP contribution in [0.5, 0.6) is 0 Å². The Balaban J connectivity index is 2.06. The van der Waals surface area contributed by atoms with Crippen molar-refractivity contribution in [3.05, 3.63) is 11.9 Å². The van der Waals surface area contributed by atoms with Gasteiger partial charge >= 0.3 is 0 Å². The summed E-state index contributed by atoms with van der Waals surface area (Å²) in [6.07, 6.45) is 6.01. The smallest absolute Gasteiger partial charge is 0.203 e. The maximum atomic E-state index is 5.07. The second-order valence-corrected chi connectivity index (χ2v) is 5.73. The number of likely N-dealkylation sites (N-methyl/N-ethyl adjacent to an activating group) is 1. The Labute approximate surface area is 116 Å². The lowest BCUT2D eigenvalue weighted by Crippen LogP contribution is -2.53. The van der Waals surface area contributed by atoms with Crippen molar-refractivity contribution in [3.63, 3.8) is 0 Å². The summed E-state index contributed by atoms with van der Waals surface area (Å²) in [6, 6.07) is 0. The van der Waals surface area contributed by atoms with E-state index >= 15 is 0 Å². The number of nitrogens with zero attached hydrogens (tertiary/aromatic N) is 3. The van der Waals surface area contributed by atoms with Gasteiger partial charge in [-0.2, -0.15) is 0 Å². The molecular weight excluding hydrogens is 240 g/mol. The van der Waals surface area contributed by atoms with Crippen LogP contribution in [0.4, 0.5) is 5.95 Å². The topological polar surface area (TPSA) is 42.3 Å². The highest BCUT2D eigenvalue weighted by Crippen LogP contribution is 2.38. The van der Waals surface area contributed by atoms with Gasteiger partial charge in [-0.05, 0) is 40.3 Å². The molecule has 0 bridgehead atoms. The quantitative estimate of drug-likeness (QED) is 0.763. The maximum Gasteiger partial charge on any atom is 0.203 e. The van der Waals surface area contributed by atoms with Gasteiger partial charge in [0.25, 0.3) is 0 Å². The summed E-state index contributed by atoms with van der Waals surface area (Å²) in [6.45, 7) is 4.55. The second-order valence-electron chi connectivity index (χ2n) is 5.73. The molecule has 1 aromatic heterocycles. The fraction of sp³-hybridized carbons (Fsp3) is 0.786. The van der Waals surface area contributed by atoms with E-state index in [1.165, 1.54) is 19.3 Å². The van der Waals surface area contributed by atoms with Crippen LogP contribution in [-0.2, 0) is 11.3 Å². The number of ether oxygens (including phenoxy) is 1. The van der Waals surface area contributed by atoms with Crippen molar-refractivity contribution in [2.45, 2.75) is 38.3 Å². The fourth-order valence-corrected chi connectivity index (χ4v) is 2.72. The van der Waals surface area contributed by atoms with Gasteiger partial charge in [0, 0.05) is 31.9 Å². The second kappa shape index (κ2) is 5.92. The van der Waals surface area contributed by atoms with E-state index in [9.17, 15) is 0 Å². The number of hydrogen-bond acceptors (Lipinski definition) is 4. The van der Waals surface area contributed by atoms with Crippen LogP contribution < -0.4 is 5.32 Å². The van der Waals surface area contributed by atoms with Gasteiger partial charge in [0.05, 0.1) is 12.3 Å². The summed E-state index contributed by atoms with van der Waals surface area (Å²) in [7, 11) is 6.08. The van der Waals surface area contributed by atoms with Crippen LogP contribution in [0, 0.1) is 6.92 Å². The van der Waals surface area contributed by atoms with E-state index in [1.807, 2.05) is 6.92 Å². The molecule has 1 N–H and O–H groups in total. The van der Waals surface area contributed by atoms with Gasteiger partial charge in [0.2, 0.25) is 5.95 Å². The van der Waals surface area contributed by atoms with Crippen LogP contribution in [-0.4, -0.2) is 54.3 Å². The highest BCUT2D eigenvalue weighted by molar-refractivity contribution is 5.29. The van der Waals surface area contributed by atoms with Crippen LogP contribution in [0.15, 0.2) is 6.20 Å². The van der Waals surface area contributed by atoms with Crippen molar-refractivity contribution in [1.29, 1.82) is 0 Å². The van der Waals surface area contributed by atoms with Crippen LogP contribution in [0.3, 0.4) is 0 Å². The first-order valence-electron chi connectivity index (χ1n) is 7.01. The molecule has 1 saturated carbocycles. The van der Waals surface area contributed by atoms with Gasteiger partial charge in [-0.3, -0.25) is 0 Å². The van der Waals surface area contributed by atoms with E-state index in [4.69, 9.17) is 4.74 Å². The number of imidazole rings is 1. The zero-order valence-electron chi connectivity index (χ0n) is 12.6. The first-order valence-corrected chi connectivity index (χ1v) is 7.01. The molecular formula is C14H26N4O. The van der Waals surface area contributed by atoms with E-state index in [1.54, 1.807) is 7.11 Å². The number of rotatable bonds is 7. The van der Waals surface area contributed by atoms with Gasteiger partial charge in [-0.25, -0.2) is 4.98 Å². The highest BCUT2D eigenvalue weighted by Gasteiger charge is 2.39. The monoisotopic (exact) mass is 266 g/mol. The Morgan fingerprint density at radius 2 is 2.21 bits per heavy atom. The van der Waals surface area contributed by atoms with Crippen LogP contribution in [0.25, 0.3) is 0 Å². The van der Waals surface area contributed by atoms with Crippen molar-refractivity contribution < 1.29 is 4.74 Å². The molecule has 0 aliphatic heterocycles. The molecule has 1 aromatic rings. The molecule has 1 aliphatic rings. The average Bonchev–Trinajstić information content (AvgIpc) is 2.64. The SMILES string of the molecule is COCCNc1nc(C)cn1CC1(N(C)C)CCC1. The predicted octanol–water partition coefficient (Wildman–Crippen LogP) is 1.73. The van der Waals surface area contributed by atoms with Gasteiger partial charge in [0.1, 0.15) is 0 Å². The Morgan fingerprint density at radius 3 is 2.74 bits per heavy atom. The molecule has 0 unspecified atom stereocenters. The third kappa shape index (κ3) is 3.09. The molecule has 0 saturated heterocycles. The molecule has 5 heteroatoms. The fourth-order valence-electron chi connectivity index (χ4n) is 2.72. The Morgan fingerprint density at radius 1 is 1.47 bits per heavy atom. The van der Waals surface area contributed by atoms with E-state index in [0.717, 1.165) is 24.7 Å². The number of methoxy groups -OCH3 is 1. The standard InChI is InChI=1S/C14H26N4O/c1-12-10-18(13(16-12)15-8-9-19-4)11-14(17(2)3)6-5-7-14/h10H,5-9,11H2,1-4H3,(H,15,16). The molecule has 108 valence electrons. The van der Waals surface area contributed by atoms with Crippen LogP contribution in [0.1, 0.15) is 25.0 Å². The lowest BCUT2D eigenvalue weighted by Gasteiger charge is -2.47. The summed E-state index contributed by atoms with van der Waals surface area (Å²) in [4.78, 5) is 6.93. The Hall–Kier alpha value is -1.07. The van der Waals surface area contributed by atoms with Crippen LogP contribution >= 0.6 is 0 Å². The zero-order valence-corrected chi connectivity index (χ0v) is 12.6. The first-order chi connectivity index (χ1) is 9.07. The number of aryl methyl sites for hydroxylation is 1. The predicted molar refractivity (Wildman–Crippen MR) is 77.6 cm³/mol. The van der Waals surface area contributed by atoms with Gasteiger partial charge in [0.15, 0.2) is 0 Å². The number of nitrogens with one attached hydrogen (secondary N) is 1. The van der Waals surface area contributed by atoms with Gasteiger partial charge in [-0.15, -0.1) is 0 Å². The molecule has 19 heavy (non-hydrogen) atoms. The van der Waals surface area contributed by atoms with E-state index in [2.05, 4.69) is 40.1 Å². The molecule has 0 aromatic carbocycles. The van der Waals surface area contributed by atoms with Crippen molar-refractivity contribution in [2.24, 2.45) is 0 Å². The van der Waals surface area contributed by atoms with E-state index < -0.39 is 0 Å². The summed E-state index contributed by atoms with van der Waals surface area (Å²) in [5.74, 6) is 0.961. The molecule has 1 heterocycles. The van der Waals surface area contributed by atoms with E-state index in [-0.39, 0.29) is 0 Å². The average molecular weight is 266 g/mol. The lowest BCUT2D eigenvalue weighted by molar-refractivity contribution is 0.0429. The van der Waals surface area contributed by atoms with Gasteiger partial charge in [-0.1, -0.05) is 0 Å². The minimum atomic E-state index is 0.310. The molecule has 2 rings (SSSR count). The third-order valence-electron chi connectivity index (χ3n) is 4.18. The molecule has 5 nitrogen and oxygen atoms in total. The molecule has 0 radical (unpaired) electrons. The third-order valence-corrected chi connectivity index (χ3v) is 4.18. The molecule has 0 atom stereocenters. The Kier molecular flexibility index (Phi) is 4.47. The number of hydrogen-bond donors (Lipinski definition) is 1. The lowest BCUT2D eigenvalue weighted by atomic mass is 9.75. The van der Waals surface area contributed by atoms with Crippen molar-refractivity contribution in [3.8, 4) is 0 Å². The van der Waals surface area contributed by atoms with Crippen molar-refractivity contribution >= 4 is 5.95 Å². The number of anilines is 1. The summed E-state index contributed by atoms with van der Waals surface area (Å²) < 4.78 is 7.33. The largest absolute Gasteiger partial charge is 0.383 e. The maximum absolute atomic E-state index is 5.07. The first kappa shape index (κ1) is 14.3. The molecule has 0 spiro atoms.